The molecular weight excluding hydrogens is 276 g/mol. The summed E-state index contributed by atoms with van der Waals surface area (Å²) in [4.78, 5) is 0. The van der Waals surface area contributed by atoms with Gasteiger partial charge in [-0.1, -0.05) is 40.2 Å². The van der Waals surface area contributed by atoms with Gasteiger partial charge in [0, 0.05) is 17.3 Å². The molecule has 0 aliphatic heterocycles. The van der Waals surface area contributed by atoms with Crippen molar-refractivity contribution in [2.24, 2.45) is 0 Å². The van der Waals surface area contributed by atoms with Crippen LogP contribution in [0.5, 0.6) is 5.75 Å². The van der Waals surface area contributed by atoms with Crippen molar-refractivity contribution >= 4 is 15.9 Å². The fraction of sp³-hybridized carbons (Fsp3) is 0.200. The average Bonchev–Trinajstić information content (AvgIpc) is 2.74. The summed E-state index contributed by atoms with van der Waals surface area (Å²) in [5.41, 5.74) is 2.85. The highest BCUT2D eigenvalue weighted by molar-refractivity contribution is 9.10. The minimum Gasteiger partial charge on any atom is -0.490 e. The number of rotatable bonds is 2. The molecule has 0 heterocycles. The predicted molar refractivity (Wildman–Crippen MR) is 72.4 cm³/mol. The van der Waals surface area contributed by atoms with E-state index in [1.807, 2.05) is 24.3 Å². The number of hydrogen-bond acceptors (Lipinski definition) is 1. The van der Waals surface area contributed by atoms with Crippen molar-refractivity contribution in [1.82, 2.24) is 0 Å². The monoisotopic (exact) mass is 288 g/mol. The molecular formula is C15H13BrO. The lowest BCUT2D eigenvalue weighted by atomic mass is 10.1. The number of halogens is 1. The molecule has 1 aliphatic rings. The Labute approximate surface area is 110 Å². The third-order valence-electron chi connectivity index (χ3n) is 3.13. The normalized spacial score (nSPS) is 14.6. The summed E-state index contributed by atoms with van der Waals surface area (Å²) in [5, 5.41) is 0. The van der Waals surface area contributed by atoms with Gasteiger partial charge < -0.3 is 4.74 Å². The molecule has 2 heteroatoms. The van der Waals surface area contributed by atoms with Gasteiger partial charge in [0.05, 0.1) is 0 Å². The van der Waals surface area contributed by atoms with Crippen LogP contribution in [-0.4, -0.2) is 6.10 Å². The molecule has 0 unspecified atom stereocenters. The Kier molecular flexibility index (Phi) is 2.89. The first-order chi connectivity index (χ1) is 8.31. The Morgan fingerprint density at radius 2 is 1.47 bits per heavy atom. The minimum atomic E-state index is 0.286. The summed E-state index contributed by atoms with van der Waals surface area (Å²) >= 11 is 3.43. The zero-order valence-corrected chi connectivity index (χ0v) is 11.0. The molecule has 2 aromatic carbocycles. The van der Waals surface area contributed by atoms with E-state index in [9.17, 15) is 0 Å². The van der Waals surface area contributed by atoms with Gasteiger partial charge >= 0.3 is 0 Å². The van der Waals surface area contributed by atoms with E-state index in [-0.39, 0.29) is 6.10 Å². The van der Waals surface area contributed by atoms with Gasteiger partial charge in [-0.2, -0.15) is 0 Å². The molecule has 86 valence electrons. The van der Waals surface area contributed by atoms with Crippen molar-refractivity contribution in [3.8, 4) is 5.75 Å². The molecule has 0 aromatic heterocycles. The summed E-state index contributed by atoms with van der Waals surface area (Å²) in [7, 11) is 0. The van der Waals surface area contributed by atoms with Crippen molar-refractivity contribution in [3.63, 3.8) is 0 Å². The second-order valence-electron chi connectivity index (χ2n) is 4.37. The Balaban J connectivity index is 1.71. The fourth-order valence-corrected chi connectivity index (χ4v) is 2.57. The molecule has 0 atom stereocenters. The average molecular weight is 289 g/mol. The van der Waals surface area contributed by atoms with E-state index in [1.165, 1.54) is 11.1 Å². The third kappa shape index (κ3) is 2.37. The van der Waals surface area contributed by atoms with Crippen molar-refractivity contribution in [1.29, 1.82) is 0 Å². The van der Waals surface area contributed by atoms with Gasteiger partial charge in [0.2, 0.25) is 0 Å². The summed E-state index contributed by atoms with van der Waals surface area (Å²) in [6.45, 7) is 0. The van der Waals surface area contributed by atoms with Crippen LogP contribution in [0.2, 0.25) is 0 Å². The smallest absolute Gasteiger partial charge is 0.119 e. The van der Waals surface area contributed by atoms with E-state index < -0.39 is 0 Å². The molecule has 0 N–H and O–H groups in total. The van der Waals surface area contributed by atoms with Crippen molar-refractivity contribution in [3.05, 3.63) is 64.1 Å². The number of fused-ring (bicyclic) bond motifs is 1. The first-order valence-electron chi connectivity index (χ1n) is 5.80. The Bertz CT molecular complexity index is 494. The Morgan fingerprint density at radius 3 is 2.06 bits per heavy atom. The molecule has 17 heavy (non-hydrogen) atoms. The van der Waals surface area contributed by atoms with Crippen LogP contribution < -0.4 is 4.74 Å². The van der Waals surface area contributed by atoms with E-state index in [4.69, 9.17) is 4.74 Å². The first-order valence-corrected chi connectivity index (χ1v) is 6.59. The Morgan fingerprint density at radius 1 is 0.882 bits per heavy atom. The predicted octanol–water partition coefficient (Wildman–Crippen LogP) is 4.00. The van der Waals surface area contributed by atoms with Crippen LogP contribution in [0, 0.1) is 0 Å². The lowest BCUT2D eigenvalue weighted by Crippen LogP contribution is -2.16. The molecule has 0 saturated carbocycles. The van der Waals surface area contributed by atoms with Gasteiger partial charge in [0.1, 0.15) is 11.9 Å². The molecule has 2 aromatic rings. The maximum atomic E-state index is 5.99. The van der Waals surface area contributed by atoms with Gasteiger partial charge in [0.15, 0.2) is 0 Å². The van der Waals surface area contributed by atoms with Crippen molar-refractivity contribution in [2.45, 2.75) is 18.9 Å². The van der Waals surface area contributed by atoms with Gasteiger partial charge in [-0.05, 0) is 35.4 Å². The maximum absolute atomic E-state index is 5.99. The molecule has 0 fully saturated rings. The molecule has 0 radical (unpaired) electrons. The van der Waals surface area contributed by atoms with Crippen LogP contribution in [0.4, 0.5) is 0 Å². The largest absolute Gasteiger partial charge is 0.490 e. The quantitative estimate of drug-likeness (QED) is 0.812. The van der Waals surface area contributed by atoms with Gasteiger partial charge in [-0.3, -0.25) is 0 Å². The van der Waals surface area contributed by atoms with Gasteiger partial charge in [-0.15, -0.1) is 0 Å². The van der Waals surface area contributed by atoms with Crippen LogP contribution in [-0.2, 0) is 12.8 Å². The summed E-state index contributed by atoms with van der Waals surface area (Å²) < 4.78 is 7.07. The van der Waals surface area contributed by atoms with Gasteiger partial charge in [-0.25, -0.2) is 0 Å². The van der Waals surface area contributed by atoms with Gasteiger partial charge in [0.25, 0.3) is 0 Å². The molecule has 1 nitrogen and oxygen atoms in total. The van der Waals surface area contributed by atoms with E-state index in [0.29, 0.717) is 0 Å². The van der Waals surface area contributed by atoms with Crippen molar-refractivity contribution in [2.75, 3.05) is 0 Å². The lowest BCUT2D eigenvalue weighted by Gasteiger charge is -2.12. The lowest BCUT2D eigenvalue weighted by molar-refractivity contribution is 0.214. The SMILES string of the molecule is Brc1ccc(OC2Cc3ccccc3C2)cc1. The van der Waals surface area contributed by atoms with Crippen molar-refractivity contribution < 1.29 is 4.74 Å². The number of ether oxygens (including phenoxy) is 1. The zero-order valence-electron chi connectivity index (χ0n) is 9.40. The summed E-state index contributed by atoms with van der Waals surface area (Å²) in [5.74, 6) is 0.950. The summed E-state index contributed by atoms with van der Waals surface area (Å²) in [6.07, 6.45) is 2.33. The Hall–Kier alpha value is -1.28. The fourth-order valence-electron chi connectivity index (χ4n) is 2.31. The second kappa shape index (κ2) is 4.53. The molecule has 0 amide bonds. The molecule has 0 saturated heterocycles. The minimum absolute atomic E-state index is 0.286. The number of hydrogen-bond donors (Lipinski definition) is 0. The molecule has 0 spiro atoms. The maximum Gasteiger partial charge on any atom is 0.119 e. The highest BCUT2D eigenvalue weighted by Crippen LogP contribution is 2.26. The van der Waals surface area contributed by atoms with E-state index >= 15 is 0 Å². The number of benzene rings is 2. The topological polar surface area (TPSA) is 9.23 Å². The van der Waals surface area contributed by atoms with Crippen LogP contribution in [0.1, 0.15) is 11.1 Å². The highest BCUT2D eigenvalue weighted by atomic mass is 79.9. The molecule has 3 rings (SSSR count). The van der Waals surface area contributed by atoms with E-state index in [0.717, 1.165) is 23.1 Å². The van der Waals surface area contributed by atoms with E-state index in [1.54, 1.807) is 0 Å². The summed E-state index contributed by atoms with van der Waals surface area (Å²) in [6, 6.07) is 16.6. The highest BCUT2D eigenvalue weighted by Gasteiger charge is 2.22. The molecule has 0 bridgehead atoms. The molecule has 1 aliphatic carbocycles. The van der Waals surface area contributed by atoms with Crippen LogP contribution >= 0.6 is 15.9 Å². The van der Waals surface area contributed by atoms with Crippen LogP contribution in [0.15, 0.2) is 53.0 Å². The standard InChI is InChI=1S/C15H13BrO/c16-13-5-7-14(8-6-13)17-15-9-11-3-1-2-4-12(11)10-15/h1-8,15H,9-10H2. The van der Waals surface area contributed by atoms with Crippen LogP contribution in [0.25, 0.3) is 0 Å². The first kappa shape index (κ1) is 10.8. The zero-order chi connectivity index (χ0) is 11.7. The van der Waals surface area contributed by atoms with Crippen LogP contribution in [0.3, 0.4) is 0 Å². The second-order valence-corrected chi connectivity index (χ2v) is 5.29. The third-order valence-corrected chi connectivity index (χ3v) is 3.66. The van der Waals surface area contributed by atoms with E-state index in [2.05, 4.69) is 40.2 Å².